The number of halogens is 1. The number of rotatable bonds is 6. The van der Waals surface area contributed by atoms with Gasteiger partial charge in [0.15, 0.2) is 0 Å². The fourth-order valence-corrected chi connectivity index (χ4v) is 3.43. The number of carbonyl (C=O) groups excluding carboxylic acids is 2. The lowest BCUT2D eigenvalue weighted by molar-refractivity contribution is -0.120. The van der Waals surface area contributed by atoms with Crippen LogP contribution >= 0.6 is 12.4 Å². The van der Waals surface area contributed by atoms with E-state index >= 15 is 0 Å². The van der Waals surface area contributed by atoms with Crippen LogP contribution in [0.4, 0.5) is 5.69 Å². The van der Waals surface area contributed by atoms with Gasteiger partial charge in [-0.05, 0) is 42.7 Å². The monoisotopic (exact) mass is 401 g/mol. The molecular formula is C22H28ClN3O2. The molecule has 2 atom stereocenters. The van der Waals surface area contributed by atoms with Crippen LogP contribution in [0.3, 0.4) is 0 Å². The van der Waals surface area contributed by atoms with Crippen molar-refractivity contribution < 1.29 is 9.59 Å². The molecule has 28 heavy (non-hydrogen) atoms. The van der Waals surface area contributed by atoms with Crippen LogP contribution in [-0.4, -0.2) is 17.9 Å². The van der Waals surface area contributed by atoms with E-state index in [1.165, 1.54) is 12.8 Å². The minimum absolute atomic E-state index is 0. The van der Waals surface area contributed by atoms with Gasteiger partial charge in [0.2, 0.25) is 5.91 Å². The third-order valence-corrected chi connectivity index (χ3v) is 5.24. The summed E-state index contributed by atoms with van der Waals surface area (Å²) in [4.78, 5) is 24.8. The summed E-state index contributed by atoms with van der Waals surface area (Å²) in [5.41, 5.74) is 8.41. The molecule has 5 nitrogen and oxygen atoms in total. The summed E-state index contributed by atoms with van der Waals surface area (Å²) in [6.07, 6.45) is 4.47. The highest BCUT2D eigenvalue weighted by Gasteiger charge is 2.22. The average molecular weight is 402 g/mol. The number of hydrogen-bond acceptors (Lipinski definition) is 3. The van der Waals surface area contributed by atoms with Crippen LogP contribution in [0.15, 0.2) is 54.6 Å². The van der Waals surface area contributed by atoms with E-state index in [0.717, 1.165) is 18.4 Å². The summed E-state index contributed by atoms with van der Waals surface area (Å²) in [5, 5.41) is 5.94. The van der Waals surface area contributed by atoms with Crippen LogP contribution in [0.5, 0.6) is 0 Å². The maximum Gasteiger partial charge on any atom is 0.251 e. The summed E-state index contributed by atoms with van der Waals surface area (Å²) < 4.78 is 0. The second-order valence-corrected chi connectivity index (χ2v) is 7.25. The summed E-state index contributed by atoms with van der Waals surface area (Å²) in [6.45, 7) is 1.82. The van der Waals surface area contributed by atoms with Gasteiger partial charge in [-0.2, -0.15) is 0 Å². The SMILES string of the molecule is CC(C(=O)Nc1ccc(C(=O)NC2CCCC2)cc1)C(N)c1ccccc1.Cl. The number of carbonyl (C=O) groups is 2. The van der Waals surface area contributed by atoms with E-state index < -0.39 is 0 Å². The molecule has 0 aliphatic heterocycles. The molecule has 3 rings (SSSR count). The van der Waals surface area contributed by atoms with Crippen LogP contribution < -0.4 is 16.4 Å². The highest BCUT2D eigenvalue weighted by Crippen LogP contribution is 2.21. The van der Waals surface area contributed by atoms with E-state index in [-0.39, 0.29) is 42.2 Å². The van der Waals surface area contributed by atoms with E-state index in [0.29, 0.717) is 11.3 Å². The molecule has 0 heterocycles. The van der Waals surface area contributed by atoms with Crippen molar-refractivity contribution in [1.29, 1.82) is 0 Å². The predicted octanol–water partition coefficient (Wildman–Crippen LogP) is 4.06. The number of nitrogens with two attached hydrogens (primary N) is 1. The summed E-state index contributed by atoms with van der Waals surface area (Å²) in [6, 6.07) is 16.5. The highest BCUT2D eigenvalue weighted by molar-refractivity contribution is 5.96. The van der Waals surface area contributed by atoms with Crippen molar-refractivity contribution in [2.24, 2.45) is 11.7 Å². The molecule has 0 aromatic heterocycles. The van der Waals surface area contributed by atoms with Gasteiger partial charge in [0.1, 0.15) is 0 Å². The van der Waals surface area contributed by atoms with Crippen LogP contribution in [0.25, 0.3) is 0 Å². The molecule has 6 heteroatoms. The Labute approximate surface area is 172 Å². The van der Waals surface area contributed by atoms with Crippen molar-refractivity contribution in [3.05, 3.63) is 65.7 Å². The lowest BCUT2D eigenvalue weighted by atomic mass is 9.94. The third-order valence-electron chi connectivity index (χ3n) is 5.24. The van der Waals surface area contributed by atoms with Gasteiger partial charge in [-0.3, -0.25) is 9.59 Å². The van der Waals surface area contributed by atoms with Crippen LogP contribution in [0.1, 0.15) is 54.6 Å². The van der Waals surface area contributed by atoms with Gasteiger partial charge in [-0.1, -0.05) is 50.1 Å². The Morgan fingerprint density at radius 2 is 1.61 bits per heavy atom. The zero-order valence-corrected chi connectivity index (χ0v) is 16.9. The Hall–Kier alpha value is -2.37. The minimum Gasteiger partial charge on any atom is -0.349 e. The molecule has 0 radical (unpaired) electrons. The van der Waals surface area contributed by atoms with Gasteiger partial charge >= 0.3 is 0 Å². The molecule has 2 aromatic rings. The highest BCUT2D eigenvalue weighted by atomic mass is 35.5. The molecule has 0 saturated heterocycles. The van der Waals surface area contributed by atoms with Gasteiger partial charge in [0, 0.05) is 23.3 Å². The second kappa shape index (κ2) is 10.2. The average Bonchev–Trinajstić information content (AvgIpc) is 3.21. The summed E-state index contributed by atoms with van der Waals surface area (Å²) in [7, 11) is 0. The largest absolute Gasteiger partial charge is 0.349 e. The number of amides is 2. The molecular weight excluding hydrogens is 374 g/mol. The smallest absolute Gasteiger partial charge is 0.251 e. The van der Waals surface area contributed by atoms with Crippen molar-refractivity contribution in [3.8, 4) is 0 Å². The normalized spacial score (nSPS) is 15.9. The topological polar surface area (TPSA) is 84.2 Å². The van der Waals surface area contributed by atoms with Crippen molar-refractivity contribution in [2.75, 3.05) is 5.32 Å². The van der Waals surface area contributed by atoms with Crippen LogP contribution in [0.2, 0.25) is 0 Å². The number of benzene rings is 2. The van der Waals surface area contributed by atoms with Gasteiger partial charge in [0.25, 0.3) is 5.91 Å². The molecule has 1 fully saturated rings. The Balaban J connectivity index is 0.00000280. The molecule has 0 bridgehead atoms. The molecule has 2 unspecified atom stereocenters. The predicted molar refractivity (Wildman–Crippen MR) is 115 cm³/mol. The van der Waals surface area contributed by atoms with Crippen LogP contribution in [-0.2, 0) is 4.79 Å². The Morgan fingerprint density at radius 1 is 1.00 bits per heavy atom. The fourth-order valence-electron chi connectivity index (χ4n) is 3.43. The number of hydrogen-bond donors (Lipinski definition) is 3. The van der Waals surface area contributed by atoms with Crippen molar-refractivity contribution in [1.82, 2.24) is 5.32 Å². The van der Waals surface area contributed by atoms with E-state index in [1.54, 1.807) is 24.3 Å². The molecule has 2 amide bonds. The number of nitrogens with one attached hydrogen (secondary N) is 2. The molecule has 150 valence electrons. The number of anilines is 1. The summed E-state index contributed by atoms with van der Waals surface area (Å²) in [5.74, 6) is -0.577. The Bertz CT molecular complexity index is 774. The maximum absolute atomic E-state index is 12.5. The van der Waals surface area contributed by atoms with E-state index in [2.05, 4.69) is 10.6 Å². The van der Waals surface area contributed by atoms with Gasteiger partial charge in [-0.15, -0.1) is 12.4 Å². The summed E-state index contributed by atoms with van der Waals surface area (Å²) >= 11 is 0. The second-order valence-electron chi connectivity index (χ2n) is 7.25. The molecule has 2 aromatic carbocycles. The Morgan fingerprint density at radius 3 is 2.21 bits per heavy atom. The zero-order chi connectivity index (χ0) is 19.2. The standard InChI is InChI=1S/C22H27N3O2.ClH/c1-15(20(23)16-7-3-2-4-8-16)21(26)24-19-13-11-17(12-14-19)22(27)25-18-9-5-6-10-18;/h2-4,7-8,11-15,18,20H,5-6,9-10,23H2,1H3,(H,24,26)(H,25,27);1H. The van der Waals surface area contributed by atoms with E-state index in [1.807, 2.05) is 37.3 Å². The zero-order valence-electron chi connectivity index (χ0n) is 16.1. The first-order valence-corrected chi connectivity index (χ1v) is 9.57. The van der Waals surface area contributed by atoms with Crippen molar-refractivity contribution in [2.45, 2.75) is 44.7 Å². The molecule has 0 spiro atoms. The lowest BCUT2D eigenvalue weighted by Gasteiger charge is -2.20. The first kappa shape index (κ1) is 21.9. The third kappa shape index (κ3) is 5.57. The first-order valence-electron chi connectivity index (χ1n) is 9.57. The minimum atomic E-state index is -0.377. The van der Waals surface area contributed by atoms with Crippen molar-refractivity contribution >= 4 is 29.9 Å². The lowest BCUT2D eigenvalue weighted by Crippen LogP contribution is -2.32. The van der Waals surface area contributed by atoms with Crippen molar-refractivity contribution in [3.63, 3.8) is 0 Å². The van der Waals surface area contributed by atoms with Crippen LogP contribution in [0, 0.1) is 5.92 Å². The van der Waals surface area contributed by atoms with Gasteiger partial charge < -0.3 is 16.4 Å². The first-order chi connectivity index (χ1) is 13.0. The van der Waals surface area contributed by atoms with Gasteiger partial charge in [0.05, 0.1) is 5.92 Å². The molecule has 4 N–H and O–H groups in total. The molecule has 1 saturated carbocycles. The molecule has 1 aliphatic carbocycles. The molecule has 1 aliphatic rings. The van der Waals surface area contributed by atoms with E-state index in [4.69, 9.17) is 5.73 Å². The van der Waals surface area contributed by atoms with Gasteiger partial charge in [-0.25, -0.2) is 0 Å². The maximum atomic E-state index is 12.5. The fraction of sp³-hybridized carbons (Fsp3) is 0.364. The Kier molecular flexibility index (Phi) is 8.03. The quantitative estimate of drug-likeness (QED) is 0.682. The van der Waals surface area contributed by atoms with E-state index in [9.17, 15) is 9.59 Å².